The van der Waals surface area contributed by atoms with Crippen LogP contribution in [0.4, 0.5) is 0 Å². The van der Waals surface area contributed by atoms with Crippen LogP contribution in [0.5, 0.6) is 11.5 Å². The average molecular weight is 266 g/mol. The van der Waals surface area contributed by atoms with Gasteiger partial charge in [-0.15, -0.1) is 0 Å². The lowest BCUT2D eigenvalue weighted by molar-refractivity contribution is -0.139. The SMILES string of the molecule is COC(=O)Cc1ccc(OC(C)=O)c(OC(C)=O)c1. The lowest BCUT2D eigenvalue weighted by Crippen LogP contribution is -2.09. The van der Waals surface area contributed by atoms with Crippen molar-refractivity contribution in [1.29, 1.82) is 0 Å². The molecule has 0 aliphatic carbocycles. The molecule has 0 spiro atoms. The Morgan fingerprint density at radius 3 is 2.11 bits per heavy atom. The fraction of sp³-hybridized carbons (Fsp3) is 0.308. The van der Waals surface area contributed by atoms with Gasteiger partial charge in [-0.25, -0.2) is 0 Å². The molecule has 1 rings (SSSR count). The van der Waals surface area contributed by atoms with Crippen molar-refractivity contribution in [2.45, 2.75) is 20.3 Å². The third-order valence-corrected chi connectivity index (χ3v) is 2.09. The van der Waals surface area contributed by atoms with Gasteiger partial charge in [0, 0.05) is 13.8 Å². The summed E-state index contributed by atoms with van der Waals surface area (Å²) < 4.78 is 14.4. The fourth-order valence-electron chi connectivity index (χ4n) is 1.38. The summed E-state index contributed by atoms with van der Waals surface area (Å²) in [6.45, 7) is 2.46. The Kier molecular flexibility index (Phi) is 5.05. The molecule has 0 saturated carbocycles. The van der Waals surface area contributed by atoms with E-state index >= 15 is 0 Å². The molecule has 0 saturated heterocycles. The van der Waals surface area contributed by atoms with Crippen LogP contribution in [-0.4, -0.2) is 25.0 Å². The summed E-state index contributed by atoms with van der Waals surface area (Å²) in [5.74, 6) is -1.30. The number of esters is 3. The van der Waals surface area contributed by atoms with Gasteiger partial charge in [-0.2, -0.15) is 0 Å². The van der Waals surface area contributed by atoms with Crippen LogP contribution < -0.4 is 9.47 Å². The molecule has 0 aliphatic heterocycles. The highest BCUT2D eigenvalue weighted by atomic mass is 16.6. The number of benzene rings is 1. The maximum absolute atomic E-state index is 11.2. The van der Waals surface area contributed by atoms with Gasteiger partial charge in [-0.05, 0) is 17.7 Å². The molecule has 1 aromatic rings. The van der Waals surface area contributed by atoms with Gasteiger partial charge in [-0.1, -0.05) is 6.07 Å². The van der Waals surface area contributed by atoms with Crippen molar-refractivity contribution in [3.8, 4) is 11.5 Å². The zero-order chi connectivity index (χ0) is 14.4. The summed E-state index contributed by atoms with van der Waals surface area (Å²) >= 11 is 0. The number of methoxy groups -OCH3 is 1. The number of hydrogen-bond donors (Lipinski definition) is 0. The quantitative estimate of drug-likeness (QED) is 0.603. The largest absolute Gasteiger partial charge is 0.469 e. The van der Waals surface area contributed by atoms with Gasteiger partial charge in [0.15, 0.2) is 11.5 Å². The standard InChI is InChI=1S/C13H14O6/c1-8(14)18-11-5-4-10(7-13(16)17-3)6-12(11)19-9(2)15/h4-6H,7H2,1-3H3. The first-order valence-electron chi connectivity index (χ1n) is 5.49. The number of carbonyl (C=O) groups excluding carboxylic acids is 3. The molecule has 0 aliphatic rings. The van der Waals surface area contributed by atoms with Gasteiger partial charge in [-0.3, -0.25) is 14.4 Å². The first-order valence-corrected chi connectivity index (χ1v) is 5.49. The normalized spacial score (nSPS) is 9.63. The van der Waals surface area contributed by atoms with E-state index < -0.39 is 17.9 Å². The molecule has 0 unspecified atom stereocenters. The minimum atomic E-state index is -0.552. The van der Waals surface area contributed by atoms with Crippen LogP contribution in [0, 0.1) is 0 Å². The highest BCUT2D eigenvalue weighted by Crippen LogP contribution is 2.29. The van der Waals surface area contributed by atoms with E-state index in [9.17, 15) is 14.4 Å². The first-order chi connectivity index (χ1) is 8.92. The molecule has 0 N–H and O–H groups in total. The second-order valence-electron chi connectivity index (χ2n) is 3.72. The molecule has 19 heavy (non-hydrogen) atoms. The van der Waals surface area contributed by atoms with E-state index in [2.05, 4.69) is 4.74 Å². The van der Waals surface area contributed by atoms with Crippen LogP contribution in [0.25, 0.3) is 0 Å². The van der Waals surface area contributed by atoms with Crippen LogP contribution in [0.2, 0.25) is 0 Å². The van der Waals surface area contributed by atoms with E-state index in [0.29, 0.717) is 5.56 Å². The van der Waals surface area contributed by atoms with E-state index in [0.717, 1.165) is 0 Å². The van der Waals surface area contributed by atoms with E-state index in [1.165, 1.54) is 33.1 Å². The van der Waals surface area contributed by atoms with Crippen LogP contribution in [0.1, 0.15) is 19.4 Å². The van der Waals surface area contributed by atoms with E-state index in [-0.39, 0.29) is 17.9 Å². The van der Waals surface area contributed by atoms with Gasteiger partial charge in [0.25, 0.3) is 0 Å². The van der Waals surface area contributed by atoms with E-state index in [1.807, 2.05) is 0 Å². The van der Waals surface area contributed by atoms with Gasteiger partial charge >= 0.3 is 17.9 Å². The lowest BCUT2D eigenvalue weighted by atomic mass is 10.1. The zero-order valence-electron chi connectivity index (χ0n) is 10.9. The van der Waals surface area contributed by atoms with Crippen molar-refractivity contribution in [2.75, 3.05) is 7.11 Å². The van der Waals surface area contributed by atoms with Crippen LogP contribution in [0.3, 0.4) is 0 Å². The number of rotatable bonds is 4. The summed E-state index contributed by atoms with van der Waals surface area (Å²) in [5.41, 5.74) is 0.582. The Balaban J connectivity index is 3.03. The maximum atomic E-state index is 11.2. The van der Waals surface area contributed by atoms with Crippen LogP contribution in [0.15, 0.2) is 18.2 Å². The smallest absolute Gasteiger partial charge is 0.309 e. The third kappa shape index (κ3) is 4.79. The third-order valence-electron chi connectivity index (χ3n) is 2.09. The Hall–Kier alpha value is -2.37. The molecule has 0 bridgehead atoms. The molecular formula is C13H14O6. The molecule has 1 aromatic carbocycles. The topological polar surface area (TPSA) is 78.9 Å². The Morgan fingerprint density at radius 1 is 1.00 bits per heavy atom. The van der Waals surface area contributed by atoms with Gasteiger partial charge in [0.2, 0.25) is 0 Å². The van der Waals surface area contributed by atoms with Crippen molar-refractivity contribution in [1.82, 2.24) is 0 Å². The molecule has 0 atom stereocenters. The predicted molar refractivity (Wildman–Crippen MR) is 64.8 cm³/mol. The van der Waals surface area contributed by atoms with Crippen molar-refractivity contribution >= 4 is 17.9 Å². The Labute approximate surface area is 110 Å². The predicted octanol–water partition coefficient (Wildman–Crippen LogP) is 1.25. The zero-order valence-corrected chi connectivity index (χ0v) is 10.9. The lowest BCUT2D eigenvalue weighted by Gasteiger charge is -2.10. The molecule has 0 aromatic heterocycles. The fourth-order valence-corrected chi connectivity index (χ4v) is 1.38. The van der Waals surface area contributed by atoms with Crippen molar-refractivity contribution < 1.29 is 28.6 Å². The van der Waals surface area contributed by atoms with E-state index in [1.54, 1.807) is 6.07 Å². The molecule has 6 nitrogen and oxygen atoms in total. The van der Waals surface area contributed by atoms with Crippen LogP contribution in [-0.2, 0) is 25.5 Å². The summed E-state index contributed by atoms with van der Waals surface area (Å²) in [6.07, 6.45) is 0.0329. The molecule has 102 valence electrons. The second-order valence-corrected chi connectivity index (χ2v) is 3.72. The Morgan fingerprint density at radius 2 is 1.58 bits per heavy atom. The summed E-state index contributed by atoms with van der Waals surface area (Å²) in [4.78, 5) is 33.1. The van der Waals surface area contributed by atoms with Crippen molar-refractivity contribution in [3.05, 3.63) is 23.8 Å². The van der Waals surface area contributed by atoms with Crippen molar-refractivity contribution in [3.63, 3.8) is 0 Å². The number of ether oxygens (including phenoxy) is 3. The molecule has 0 amide bonds. The molecule has 0 heterocycles. The maximum Gasteiger partial charge on any atom is 0.309 e. The average Bonchev–Trinajstić information content (AvgIpc) is 2.31. The first kappa shape index (κ1) is 14.7. The minimum absolute atomic E-state index is 0.0329. The minimum Gasteiger partial charge on any atom is -0.469 e. The Bertz CT molecular complexity index is 506. The number of carbonyl (C=O) groups is 3. The molecule has 0 radical (unpaired) electrons. The highest BCUT2D eigenvalue weighted by molar-refractivity contribution is 5.75. The number of hydrogen-bond acceptors (Lipinski definition) is 6. The summed E-state index contributed by atoms with van der Waals surface area (Å²) in [6, 6.07) is 4.50. The molecule has 0 fully saturated rings. The van der Waals surface area contributed by atoms with E-state index in [4.69, 9.17) is 9.47 Å². The molecular weight excluding hydrogens is 252 g/mol. The summed E-state index contributed by atoms with van der Waals surface area (Å²) in [5, 5.41) is 0. The molecule has 6 heteroatoms. The van der Waals surface area contributed by atoms with Crippen LogP contribution >= 0.6 is 0 Å². The monoisotopic (exact) mass is 266 g/mol. The highest BCUT2D eigenvalue weighted by Gasteiger charge is 2.12. The van der Waals surface area contributed by atoms with Gasteiger partial charge < -0.3 is 14.2 Å². The van der Waals surface area contributed by atoms with Crippen molar-refractivity contribution in [2.24, 2.45) is 0 Å². The van der Waals surface area contributed by atoms with Gasteiger partial charge in [0.1, 0.15) is 0 Å². The second kappa shape index (κ2) is 6.53. The summed E-state index contributed by atoms with van der Waals surface area (Å²) in [7, 11) is 1.28. The van der Waals surface area contributed by atoms with Gasteiger partial charge in [0.05, 0.1) is 13.5 Å².